The topological polar surface area (TPSA) is 119 Å². The monoisotopic (exact) mass is 440 g/mol. The Bertz CT molecular complexity index is 1110. The maximum atomic E-state index is 12.6. The van der Waals surface area contributed by atoms with E-state index in [1.165, 1.54) is 14.2 Å². The second-order valence-corrected chi connectivity index (χ2v) is 7.24. The lowest BCUT2D eigenvalue weighted by Gasteiger charge is -2.09. The van der Waals surface area contributed by atoms with E-state index in [2.05, 4.69) is 25.7 Å². The van der Waals surface area contributed by atoms with E-state index in [1.807, 2.05) is 0 Å². The number of rotatable bonds is 6. The number of methoxy groups -OCH3 is 2. The molecule has 0 spiro atoms. The SMILES string of the molecule is COC(=O)c1ccc(NC(=O)c2sc(NC(=O)Nc3ccccc3OC)nc2C)cc1. The quantitative estimate of drug-likeness (QED) is 0.496. The van der Waals surface area contributed by atoms with Gasteiger partial charge in [0.2, 0.25) is 0 Å². The molecule has 3 N–H and O–H groups in total. The van der Waals surface area contributed by atoms with Crippen LogP contribution in [-0.4, -0.2) is 37.1 Å². The number of para-hydroxylation sites is 2. The van der Waals surface area contributed by atoms with Crippen molar-refractivity contribution in [3.05, 3.63) is 64.7 Å². The zero-order valence-corrected chi connectivity index (χ0v) is 17.8. The molecule has 10 heteroatoms. The zero-order valence-electron chi connectivity index (χ0n) is 17.0. The highest BCUT2D eigenvalue weighted by Crippen LogP contribution is 2.26. The average molecular weight is 440 g/mol. The Labute approximate surface area is 182 Å². The number of carbonyl (C=O) groups excluding carboxylic acids is 3. The molecule has 31 heavy (non-hydrogen) atoms. The van der Waals surface area contributed by atoms with Gasteiger partial charge in [-0.1, -0.05) is 23.5 Å². The Kier molecular flexibility index (Phi) is 6.83. The lowest BCUT2D eigenvalue weighted by Crippen LogP contribution is -2.19. The number of nitrogens with zero attached hydrogens (tertiary/aromatic N) is 1. The van der Waals surface area contributed by atoms with Gasteiger partial charge in [-0.05, 0) is 43.3 Å². The predicted octanol–water partition coefficient (Wildman–Crippen LogP) is 4.14. The number of esters is 1. The number of carbonyl (C=O) groups is 3. The van der Waals surface area contributed by atoms with Crippen molar-refractivity contribution in [3.8, 4) is 5.75 Å². The fourth-order valence-electron chi connectivity index (χ4n) is 2.65. The molecule has 0 unspecified atom stereocenters. The summed E-state index contributed by atoms with van der Waals surface area (Å²) in [7, 11) is 2.81. The minimum atomic E-state index is -0.511. The van der Waals surface area contributed by atoms with Gasteiger partial charge in [0.15, 0.2) is 5.13 Å². The van der Waals surface area contributed by atoms with Crippen LogP contribution in [0.25, 0.3) is 0 Å². The van der Waals surface area contributed by atoms with Crippen LogP contribution in [0, 0.1) is 6.92 Å². The molecule has 1 heterocycles. The van der Waals surface area contributed by atoms with Crippen LogP contribution < -0.4 is 20.7 Å². The van der Waals surface area contributed by atoms with Crippen LogP contribution in [0.4, 0.5) is 21.3 Å². The van der Waals surface area contributed by atoms with Crippen LogP contribution in [0.1, 0.15) is 25.7 Å². The summed E-state index contributed by atoms with van der Waals surface area (Å²) in [5.74, 6) is -0.316. The molecule has 0 saturated heterocycles. The molecule has 0 aliphatic carbocycles. The summed E-state index contributed by atoms with van der Waals surface area (Å²) in [6.07, 6.45) is 0. The number of nitrogens with one attached hydrogen (secondary N) is 3. The van der Waals surface area contributed by atoms with Crippen LogP contribution >= 0.6 is 11.3 Å². The van der Waals surface area contributed by atoms with Crippen LogP contribution in [0.3, 0.4) is 0 Å². The van der Waals surface area contributed by atoms with E-state index in [9.17, 15) is 14.4 Å². The molecule has 160 valence electrons. The number of hydrogen-bond acceptors (Lipinski definition) is 7. The van der Waals surface area contributed by atoms with E-state index < -0.39 is 12.0 Å². The Balaban J connectivity index is 1.65. The van der Waals surface area contributed by atoms with Crippen LogP contribution in [0.15, 0.2) is 48.5 Å². The number of benzene rings is 2. The molecule has 3 aromatic rings. The van der Waals surface area contributed by atoms with Crippen molar-refractivity contribution in [1.82, 2.24) is 4.98 Å². The fraction of sp³-hybridized carbons (Fsp3) is 0.143. The molecule has 0 aliphatic rings. The van der Waals surface area contributed by atoms with Crippen molar-refractivity contribution in [3.63, 3.8) is 0 Å². The van der Waals surface area contributed by atoms with Gasteiger partial charge in [-0.25, -0.2) is 14.6 Å². The summed E-state index contributed by atoms with van der Waals surface area (Å²) in [4.78, 5) is 41.0. The van der Waals surface area contributed by atoms with Gasteiger partial charge in [-0.2, -0.15) is 0 Å². The highest BCUT2D eigenvalue weighted by Gasteiger charge is 2.17. The molecule has 0 atom stereocenters. The molecule has 0 bridgehead atoms. The number of urea groups is 1. The smallest absolute Gasteiger partial charge is 0.337 e. The molecule has 0 saturated carbocycles. The molecule has 1 aromatic heterocycles. The van der Waals surface area contributed by atoms with Gasteiger partial charge in [0, 0.05) is 5.69 Å². The number of aromatic nitrogens is 1. The first-order chi connectivity index (χ1) is 14.9. The Morgan fingerprint density at radius 2 is 1.65 bits per heavy atom. The van der Waals surface area contributed by atoms with Gasteiger partial charge < -0.3 is 20.1 Å². The number of anilines is 3. The molecule has 3 rings (SSSR count). The first kappa shape index (κ1) is 21.8. The van der Waals surface area contributed by atoms with E-state index in [0.29, 0.717) is 33.3 Å². The van der Waals surface area contributed by atoms with Gasteiger partial charge in [0.25, 0.3) is 5.91 Å². The van der Waals surface area contributed by atoms with Gasteiger partial charge in [0.05, 0.1) is 31.2 Å². The molecular weight excluding hydrogens is 420 g/mol. The van der Waals surface area contributed by atoms with Crippen molar-refractivity contribution in [1.29, 1.82) is 0 Å². The minimum absolute atomic E-state index is 0.274. The van der Waals surface area contributed by atoms with E-state index in [4.69, 9.17) is 4.74 Å². The van der Waals surface area contributed by atoms with E-state index in [1.54, 1.807) is 55.5 Å². The van der Waals surface area contributed by atoms with Gasteiger partial charge in [-0.15, -0.1) is 0 Å². The maximum absolute atomic E-state index is 12.6. The highest BCUT2D eigenvalue weighted by molar-refractivity contribution is 7.17. The predicted molar refractivity (Wildman–Crippen MR) is 118 cm³/mol. The largest absolute Gasteiger partial charge is 0.495 e. The second kappa shape index (κ2) is 9.72. The summed E-state index contributed by atoms with van der Waals surface area (Å²) >= 11 is 1.05. The first-order valence-corrected chi connectivity index (χ1v) is 9.91. The van der Waals surface area contributed by atoms with Crippen molar-refractivity contribution >= 4 is 45.8 Å². The molecule has 2 aromatic carbocycles. The number of thiazole rings is 1. The van der Waals surface area contributed by atoms with E-state index >= 15 is 0 Å². The lowest BCUT2D eigenvalue weighted by atomic mass is 10.2. The van der Waals surface area contributed by atoms with Gasteiger partial charge in [-0.3, -0.25) is 10.1 Å². The third-order valence-electron chi connectivity index (χ3n) is 4.14. The third-order valence-corrected chi connectivity index (χ3v) is 5.21. The minimum Gasteiger partial charge on any atom is -0.495 e. The molecule has 0 radical (unpaired) electrons. The van der Waals surface area contributed by atoms with Crippen molar-refractivity contribution in [2.45, 2.75) is 6.92 Å². The molecule has 3 amide bonds. The molecule has 0 aliphatic heterocycles. The number of hydrogen-bond donors (Lipinski definition) is 3. The van der Waals surface area contributed by atoms with Crippen LogP contribution in [0.5, 0.6) is 5.75 Å². The summed E-state index contributed by atoms with van der Waals surface area (Å²) in [5.41, 5.74) is 1.86. The number of ether oxygens (including phenoxy) is 2. The Hall–Kier alpha value is -3.92. The number of aryl methyl sites for hydroxylation is 1. The first-order valence-electron chi connectivity index (χ1n) is 9.09. The lowest BCUT2D eigenvalue weighted by molar-refractivity contribution is 0.0600. The zero-order chi connectivity index (χ0) is 22.4. The fourth-order valence-corrected chi connectivity index (χ4v) is 3.51. The van der Waals surface area contributed by atoms with Crippen molar-refractivity contribution in [2.75, 3.05) is 30.2 Å². The maximum Gasteiger partial charge on any atom is 0.337 e. The summed E-state index contributed by atoms with van der Waals surface area (Å²) in [5, 5.41) is 8.31. The van der Waals surface area contributed by atoms with E-state index in [-0.39, 0.29) is 11.0 Å². The number of amides is 3. The third kappa shape index (κ3) is 5.37. The van der Waals surface area contributed by atoms with E-state index in [0.717, 1.165) is 11.3 Å². The van der Waals surface area contributed by atoms with Gasteiger partial charge >= 0.3 is 12.0 Å². The summed E-state index contributed by atoms with van der Waals surface area (Å²) in [6.45, 7) is 1.68. The molecular formula is C21H20N4O5S. The molecule has 9 nitrogen and oxygen atoms in total. The second-order valence-electron chi connectivity index (χ2n) is 6.24. The highest BCUT2D eigenvalue weighted by atomic mass is 32.1. The normalized spacial score (nSPS) is 10.2. The van der Waals surface area contributed by atoms with Crippen molar-refractivity contribution < 1.29 is 23.9 Å². The van der Waals surface area contributed by atoms with Crippen LogP contribution in [0.2, 0.25) is 0 Å². The average Bonchev–Trinajstić information content (AvgIpc) is 3.13. The summed E-state index contributed by atoms with van der Waals surface area (Å²) < 4.78 is 9.85. The standard InChI is InChI=1S/C21H20N4O5S/c1-12-17(18(26)23-14-10-8-13(9-11-14)19(27)30-3)31-21(22-12)25-20(28)24-15-6-4-5-7-16(15)29-2/h4-11H,1-3H3,(H,23,26)(H2,22,24,25,28). The Morgan fingerprint density at radius 1 is 0.935 bits per heavy atom. The van der Waals surface area contributed by atoms with Crippen LogP contribution in [-0.2, 0) is 4.74 Å². The molecule has 0 fully saturated rings. The Morgan fingerprint density at radius 3 is 2.32 bits per heavy atom. The summed E-state index contributed by atoms with van der Waals surface area (Å²) in [6, 6.07) is 12.8. The van der Waals surface area contributed by atoms with Gasteiger partial charge in [0.1, 0.15) is 10.6 Å². The van der Waals surface area contributed by atoms with Crippen molar-refractivity contribution in [2.24, 2.45) is 0 Å².